The maximum absolute atomic E-state index is 14.9. The monoisotopic (exact) mass is 782 g/mol. The summed E-state index contributed by atoms with van der Waals surface area (Å²) in [6.45, 7) is 16.9. The fourth-order valence-corrected chi connectivity index (χ4v) is 7.87. The summed E-state index contributed by atoms with van der Waals surface area (Å²) in [6, 6.07) is 3.44. The highest BCUT2D eigenvalue weighted by Crippen LogP contribution is 2.33. The van der Waals surface area contributed by atoms with Gasteiger partial charge in [0.2, 0.25) is 27.6 Å². The van der Waals surface area contributed by atoms with Crippen LogP contribution in [0.3, 0.4) is 0 Å². The Morgan fingerprint density at radius 3 is 2.22 bits per heavy atom. The molecule has 2 unspecified atom stereocenters. The number of likely N-dealkylation sites (tertiary alicyclic amines) is 1. The van der Waals surface area contributed by atoms with Crippen molar-refractivity contribution < 1.29 is 32.4 Å². The zero-order chi connectivity index (χ0) is 41.1. The Bertz CT molecular complexity index is 1720. The van der Waals surface area contributed by atoms with Crippen LogP contribution in [0.1, 0.15) is 85.3 Å². The van der Waals surface area contributed by atoms with E-state index < -0.39 is 75.1 Å². The molecule has 1 fully saturated rings. The highest BCUT2D eigenvalue weighted by Gasteiger charge is 2.46. The molecule has 0 bridgehead atoms. The van der Waals surface area contributed by atoms with Crippen molar-refractivity contribution in [2.75, 3.05) is 32.4 Å². The predicted molar refractivity (Wildman–Crippen MR) is 214 cm³/mol. The largest absolute Gasteiger partial charge is 0.346 e. The number of nitrogens with one attached hydrogen (secondary N) is 4. The van der Waals surface area contributed by atoms with E-state index in [0.29, 0.717) is 25.7 Å². The molecule has 1 aliphatic heterocycles. The second kappa shape index (κ2) is 20.1. The molecule has 0 spiro atoms. The molecule has 1 saturated heterocycles. The second-order valence-corrected chi connectivity index (χ2v) is 18.3. The normalized spacial score (nSPS) is 18.7. The fourth-order valence-electron chi connectivity index (χ4n) is 7.05. The lowest BCUT2D eigenvalue weighted by molar-refractivity contribution is -0.143. The molecule has 5 amide bonds. The number of likely N-dealkylation sites (N-methyl/N-ethyl adjacent to an activating group) is 1. The van der Waals surface area contributed by atoms with E-state index in [1.165, 1.54) is 22.3 Å². The molecule has 3 rings (SSSR count). The Morgan fingerprint density at radius 2 is 1.67 bits per heavy atom. The first-order valence-corrected chi connectivity index (χ1v) is 21.0. The molecule has 304 valence electrons. The number of Topliss-reactive ketones (excluding diaryl/α,β-unsaturated/α-hetero) is 1. The Kier molecular flexibility index (Phi) is 16.5. The zero-order valence-electron chi connectivity index (χ0n) is 33.9. The first-order chi connectivity index (χ1) is 25.8. The van der Waals surface area contributed by atoms with Crippen LogP contribution < -0.4 is 21.3 Å². The maximum Gasteiger partial charge on any atom is 0.315 e. The van der Waals surface area contributed by atoms with Crippen molar-refractivity contribution in [2.45, 2.75) is 111 Å². The van der Waals surface area contributed by atoms with Gasteiger partial charge in [-0.15, -0.1) is 12.3 Å². The van der Waals surface area contributed by atoms with Crippen molar-refractivity contribution >= 4 is 39.6 Å². The van der Waals surface area contributed by atoms with Crippen LogP contribution in [0.4, 0.5) is 4.79 Å². The number of unbranched alkanes of at least 4 members (excludes halogenated alkanes) is 1. The number of carbonyl (C=O) groups excluding carboxylic acids is 5. The third kappa shape index (κ3) is 12.4. The topological polar surface area (TPSA) is 174 Å². The van der Waals surface area contributed by atoms with Gasteiger partial charge < -0.3 is 26.2 Å². The number of hydrogen-bond donors (Lipinski definition) is 4. The molecule has 0 radical (unpaired) electrons. The molecule has 13 nitrogen and oxygen atoms in total. The lowest BCUT2D eigenvalue weighted by Gasteiger charge is -2.36. The minimum atomic E-state index is -3.53. The van der Waals surface area contributed by atoms with Gasteiger partial charge in [0.05, 0.1) is 11.8 Å². The van der Waals surface area contributed by atoms with Crippen LogP contribution in [0, 0.1) is 17.3 Å². The molecule has 55 heavy (non-hydrogen) atoms. The Labute approximate surface area is 327 Å². The smallest absolute Gasteiger partial charge is 0.315 e. The van der Waals surface area contributed by atoms with Crippen molar-refractivity contribution in [1.82, 2.24) is 30.5 Å². The highest BCUT2D eigenvalue weighted by molar-refractivity contribution is 7.89. The first kappa shape index (κ1) is 45.1. The number of urea groups is 1. The van der Waals surface area contributed by atoms with Gasteiger partial charge >= 0.3 is 6.03 Å². The number of benzene rings is 1. The quantitative estimate of drug-likeness (QED) is 0.1000. The van der Waals surface area contributed by atoms with Gasteiger partial charge in [-0.25, -0.2) is 17.5 Å². The van der Waals surface area contributed by atoms with Crippen molar-refractivity contribution in [1.29, 1.82) is 0 Å². The minimum Gasteiger partial charge on any atom is -0.346 e. The van der Waals surface area contributed by atoms with Gasteiger partial charge in [-0.1, -0.05) is 70.9 Å². The van der Waals surface area contributed by atoms with Gasteiger partial charge in [0, 0.05) is 38.6 Å². The van der Waals surface area contributed by atoms with Crippen LogP contribution in [0.15, 0.2) is 54.3 Å². The first-order valence-electron chi connectivity index (χ1n) is 19.4. The van der Waals surface area contributed by atoms with E-state index in [9.17, 15) is 32.4 Å². The Morgan fingerprint density at radius 1 is 1.04 bits per heavy atom. The van der Waals surface area contributed by atoms with Gasteiger partial charge in [-0.05, 0) is 80.6 Å². The number of hydrogen-bond acceptors (Lipinski definition) is 7. The van der Waals surface area contributed by atoms with Crippen LogP contribution >= 0.6 is 0 Å². The SMILES string of the molecule is C=CCNC(=O)C(=O)C(CCCC)NC(=O)[C@@H]1C(C=C=C(C)C)CCN1C(=O)[C@@H](NC(=O)N[C@H](CN(C)S(=O)(=O)CC)C(C)(C)C)C1Cc2ccccc2C1. The average Bonchev–Trinajstić information content (AvgIpc) is 3.77. The number of carbonyl (C=O) groups is 5. The van der Waals surface area contributed by atoms with Crippen molar-refractivity contribution in [2.24, 2.45) is 17.3 Å². The fraction of sp³-hybridized carbons (Fsp3) is 0.610. The van der Waals surface area contributed by atoms with Crippen LogP contribution in [0.2, 0.25) is 0 Å². The third-order valence-electron chi connectivity index (χ3n) is 10.4. The van der Waals surface area contributed by atoms with Crippen LogP contribution in [0.5, 0.6) is 0 Å². The van der Waals surface area contributed by atoms with E-state index in [0.717, 1.165) is 23.1 Å². The number of amides is 5. The standard InChI is InChI=1S/C41H62N6O7S/c1-10-13-18-32(36(48)38(50)42-22-11-2)43-37(49)35-28(20-19-27(4)5)21-23-47(35)39(51)34(31-24-29-16-14-15-17-30(29)25-31)45-40(52)44-33(41(6,7)8)26-46(9)55(53,54)12-3/h11,14-17,20,28,31-35H,2,10,12-13,18,21-26H2,1,3-9H3,(H,42,50)(H,43,49)(H2,44,45,52)/t28?,32?,33-,34+,35+/m1/s1. The van der Waals surface area contributed by atoms with E-state index in [2.05, 4.69) is 33.6 Å². The summed E-state index contributed by atoms with van der Waals surface area (Å²) in [6.07, 6.45) is 6.27. The summed E-state index contributed by atoms with van der Waals surface area (Å²) in [4.78, 5) is 70.6. The molecule has 1 aliphatic carbocycles. The summed E-state index contributed by atoms with van der Waals surface area (Å²) >= 11 is 0. The molecule has 14 heteroatoms. The number of nitrogens with zero attached hydrogens (tertiary/aromatic N) is 2. The molecule has 2 aliphatic rings. The van der Waals surface area contributed by atoms with Crippen LogP contribution in [-0.2, 0) is 42.0 Å². The van der Waals surface area contributed by atoms with Crippen molar-refractivity contribution in [3.8, 4) is 0 Å². The molecule has 1 aromatic carbocycles. The molecule has 0 aromatic heterocycles. The summed E-state index contributed by atoms with van der Waals surface area (Å²) in [5, 5.41) is 11.2. The van der Waals surface area contributed by atoms with E-state index in [1.54, 1.807) is 13.0 Å². The van der Waals surface area contributed by atoms with E-state index in [4.69, 9.17) is 0 Å². The van der Waals surface area contributed by atoms with E-state index in [-0.39, 0.29) is 37.7 Å². The molecular formula is C41H62N6O7S. The summed E-state index contributed by atoms with van der Waals surface area (Å²) in [5.41, 5.74) is 5.65. The van der Waals surface area contributed by atoms with Crippen molar-refractivity contribution in [3.05, 3.63) is 65.4 Å². The zero-order valence-corrected chi connectivity index (χ0v) is 34.7. The maximum atomic E-state index is 14.9. The molecule has 1 heterocycles. The Balaban J connectivity index is 2.00. The second-order valence-electron chi connectivity index (χ2n) is 15.9. The van der Waals surface area contributed by atoms with Crippen LogP contribution in [-0.4, -0.2) is 104 Å². The number of sulfonamides is 1. The molecular weight excluding hydrogens is 721 g/mol. The Hall–Kier alpha value is -4.26. The van der Waals surface area contributed by atoms with E-state index in [1.807, 2.05) is 65.8 Å². The average molecular weight is 783 g/mol. The van der Waals surface area contributed by atoms with Crippen molar-refractivity contribution in [3.63, 3.8) is 0 Å². The lowest BCUT2D eigenvalue weighted by atomic mass is 9.86. The number of fused-ring (bicyclic) bond motifs is 1. The van der Waals surface area contributed by atoms with E-state index >= 15 is 0 Å². The lowest BCUT2D eigenvalue weighted by Crippen LogP contribution is -2.61. The van der Waals surface area contributed by atoms with Gasteiger partial charge in [0.15, 0.2) is 0 Å². The van der Waals surface area contributed by atoms with Gasteiger partial charge in [0.25, 0.3) is 5.91 Å². The molecule has 1 aromatic rings. The minimum absolute atomic E-state index is 0.0247. The molecule has 0 saturated carbocycles. The summed E-state index contributed by atoms with van der Waals surface area (Å²) in [5.74, 6) is -3.50. The molecule has 4 N–H and O–H groups in total. The van der Waals surface area contributed by atoms with Gasteiger partial charge in [-0.2, -0.15) is 0 Å². The summed E-state index contributed by atoms with van der Waals surface area (Å²) in [7, 11) is -2.05. The third-order valence-corrected chi connectivity index (χ3v) is 12.3. The van der Waals surface area contributed by atoms with Gasteiger partial charge in [0.1, 0.15) is 12.1 Å². The van der Waals surface area contributed by atoms with Crippen LogP contribution in [0.25, 0.3) is 0 Å². The summed E-state index contributed by atoms with van der Waals surface area (Å²) < 4.78 is 26.5. The van der Waals surface area contributed by atoms with Gasteiger partial charge in [-0.3, -0.25) is 19.2 Å². The number of ketones is 1. The number of rotatable bonds is 18. The predicted octanol–water partition coefficient (Wildman–Crippen LogP) is 3.65. The molecule has 5 atom stereocenters. The highest BCUT2D eigenvalue weighted by atomic mass is 32.2.